The molecule has 0 radical (unpaired) electrons. The molecule has 0 spiro atoms. The van der Waals surface area contributed by atoms with Crippen molar-refractivity contribution in [2.45, 2.75) is 19.9 Å². The van der Waals surface area contributed by atoms with Crippen LogP contribution < -0.4 is 10.6 Å². The number of hydrogen-bond donors (Lipinski definition) is 2. The smallest absolute Gasteiger partial charge is 0.254 e. The van der Waals surface area contributed by atoms with Gasteiger partial charge in [-0.15, -0.1) is 0 Å². The van der Waals surface area contributed by atoms with Crippen molar-refractivity contribution in [1.29, 1.82) is 0 Å². The molecular formula is C18H17ClF2N2O2. The quantitative estimate of drug-likeness (QED) is 0.840. The lowest BCUT2D eigenvalue weighted by atomic mass is 10.0. The fourth-order valence-electron chi connectivity index (χ4n) is 2.20. The molecule has 2 amide bonds. The van der Waals surface area contributed by atoms with Gasteiger partial charge in [0, 0.05) is 5.02 Å². The molecule has 0 fully saturated rings. The Hall–Kier alpha value is -2.47. The Labute approximate surface area is 149 Å². The molecule has 2 aromatic rings. The third-order valence-corrected chi connectivity index (χ3v) is 3.78. The molecule has 4 nitrogen and oxygen atoms in total. The lowest BCUT2D eigenvalue weighted by molar-refractivity contribution is -0.118. The van der Waals surface area contributed by atoms with Crippen LogP contribution in [-0.2, 0) is 4.79 Å². The monoisotopic (exact) mass is 366 g/mol. The first-order valence-corrected chi connectivity index (χ1v) is 7.98. The molecule has 2 N–H and O–H groups in total. The standard InChI is InChI=1S/C18H17ClF2N2O2/c1-10(2)16(23-17(24)12-5-3-4-6-13(12)20)18(25)22-15-8-7-11(19)9-14(15)21/h3-10,16H,1-2H3,(H,22,25)(H,23,24)/t16-/m0/s1. The number of benzene rings is 2. The third kappa shape index (κ3) is 4.76. The van der Waals surface area contributed by atoms with Crippen molar-refractivity contribution in [2.75, 3.05) is 5.32 Å². The van der Waals surface area contributed by atoms with Crippen molar-refractivity contribution < 1.29 is 18.4 Å². The Morgan fingerprint density at radius 1 is 1.04 bits per heavy atom. The number of anilines is 1. The molecule has 2 rings (SSSR count). The number of carbonyl (C=O) groups excluding carboxylic acids is 2. The first kappa shape index (κ1) is 18.9. The Bertz CT molecular complexity index is 796. The summed E-state index contributed by atoms with van der Waals surface area (Å²) in [6, 6.07) is 8.31. The predicted octanol–water partition coefficient (Wildman–Crippen LogP) is 4.01. The van der Waals surface area contributed by atoms with E-state index in [0.29, 0.717) is 0 Å². The zero-order valence-corrected chi connectivity index (χ0v) is 14.4. The molecule has 132 valence electrons. The minimum atomic E-state index is -0.970. The van der Waals surface area contributed by atoms with Gasteiger partial charge in [-0.1, -0.05) is 37.6 Å². The highest BCUT2D eigenvalue weighted by atomic mass is 35.5. The Balaban J connectivity index is 2.16. The van der Waals surface area contributed by atoms with Crippen LogP contribution in [0.25, 0.3) is 0 Å². The molecule has 2 aromatic carbocycles. The second kappa shape index (κ2) is 8.07. The van der Waals surface area contributed by atoms with E-state index in [9.17, 15) is 18.4 Å². The highest BCUT2D eigenvalue weighted by Crippen LogP contribution is 2.19. The summed E-state index contributed by atoms with van der Waals surface area (Å²) in [6.07, 6.45) is 0. The zero-order valence-electron chi connectivity index (χ0n) is 13.6. The highest BCUT2D eigenvalue weighted by Gasteiger charge is 2.26. The fourth-order valence-corrected chi connectivity index (χ4v) is 2.36. The molecule has 25 heavy (non-hydrogen) atoms. The van der Waals surface area contributed by atoms with Gasteiger partial charge in [-0.3, -0.25) is 9.59 Å². The number of amides is 2. The van der Waals surface area contributed by atoms with E-state index < -0.39 is 29.5 Å². The second-order valence-electron chi connectivity index (χ2n) is 5.79. The van der Waals surface area contributed by atoms with Crippen molar-refractivity contribution in [3.8, 4) is 0 Å². The van der Waals surface area contributed by atoms with Crippen LogP contribution in [0.4, 0.5) is 14.5 Å². The minimum Gasteiger partial charge on any atom is -0.340 e. The molecule has 0 saturated heterocycles. The number of rotatable bonds is 5. The van der Waals surface area contributed by atoms with Crippen LogP contribution in [0.2, 0.25) is 5.02 Å². The summed E-state index contributed by atoms with van der Waals surface area (Å²) in [4.78, 5) is 24.6. The topological polar surface area (TPSA) is 58.2 Å². The molecule has 0 unspecified atom stereocenters. The highest BCUT2D eigenvalue weighted by molar-refractivity contribution is 6.30. The number of nitrogens with one attached hydrogen (secondary N) is 2. The summed E-state index contributed by atoms with van der Waals surface area (Å²) in [5, 5.41) is 5.09. The SMILES string of the molecule is CC(C)[C@H](NC(=O)c1ccccc1F)C(=O)Nc1ccc(Cl)cc1F. The van der Waals surface area contributed by atoms with E-state index in [0.717, 1.165) is 12.1 Å². The van der Waals surface area contributed by atoms with E-state index in [4.69, 9.17) is 11.6 Å². The van der Waals surface area contributed by atoms with Crippen LogP contribution in [0.15, 0.2) is 42.5 Å². The van der Waals surface area contributed by atoms with Crippen LogP contribution in [0, 0.1) is 17.6 Å². The first-order valence-electron chi connectivity index (χ1n) is 7.61. The Morgan fingerprint density at radius 3 is 2.32 bits per heavy atom. The number of carbonyl (C=O) groups is 2. The summed E-state index contributed by atoms with van der Waals surface area (Å²) in [7, 11) is 0. The van der Waals surface area contributed by atoms with Crippen molar-refractivity contribution in [3.63, 3.8) is 0 Å². The number of halogens is 3. The van der Waals surface area contributed by atoms with E-state index >= 15 is 0 Å². The van der Waals surface area contributed by atoms with Gasteiger partial charge in [0.05, 0.1) is 11.3 Å². The van der Waals surface area contributed by atoms with Gasteiger partial charge in [0.2, 0.25) is 5.91 Å². The Kier molecular flexibility index (Phi) is 6.09. The van der Waals surface area contributed by atoms with Gasteiger partial charge in [0.1, 0.15) is 17.7 Å². The lowest BCUT2D eigenvalue weighted by Gasteiger charge is -2.22. The summed E-state index contributed by atoms with van der Waals surface area (Å²) >= 11 is 5.67. The van der Waals surface area contributed by atoms with Crippen molar-refractivity contribution in [1.82, 2.24) is 5.32 Å². The number of hydrogen-bond acceptors (Lipinski definition) is 2. The summed E-state index contributed by atoms with van der Waals surface area (Å²) in [6.45, 7) is 3.42. The molecular weight excluding hydrogens is 350 g/mol. The summed E-state index contributed by atoms with van der Waals surface area (Å²) in [5.41, 5.74) is -0.223. The van der Waals surface area contributed by atoms with E-state index in [1.165, 1.54) is 30.3 Å². The van der Waals surface area contributed by atoms with Crippen LogP contribution in [-0.4, -0.2) is 17.9 Å². The molecule has 0 saturated carbocycles. The first-order chi connectivity index (χ1) is 11.8. The van der Waals surface area contributed by atoms with Gasteiger partial charge in [-0.2, -0.15) is 0 Å². The second-order valence-corrected chi connectivity index (χ2v) is 6.22. The lowest BCUT2D eigenvalue weighted by Crippen LogP contribution is -2.47. The van der Waals surface area contributed by atoms with Crippen molar-refractivity contribution >= 4 is 29.1 Å². The van der Waals surface area contributed by atoms with Gasteiger partial charge >= 0.3 is 0 Å². The maximum Gasteiger partial charge on any atom is 0.254 e. The Morgan fingerprint density at radius 2 is 1.72 bits per heavy atom. The molecule has 0 bridgehead atoms. The van der Waals surface area contributed by atoms with Gasteiger partial charge in [0.25, 0.3) is 5.91 Å². The molecule has 0 aliphatic rings. The van der Waals surface area contributed by atoms with Gasteiger partial charge in [0.15, 0.2) is 0 Å². The summed E-state index contributed by atoms with van der Waals surface area (Å²) in [5.74, 6) is -3.01. The minimum absolute atomic E-state index is 0.0554. The predicted molar refractivity (Wildman–Crippen MR) is 92.5 cm³/mol. The van der Waals surface area contributed by atoms with Crippen molar-refractivity contribution in [3.05, 3.63) is 64.7 Å². The van der Waals surface area contributed by atoms with Crippen molar-refractivity contribution in [2.24, 2.45) is 5.92 Å². The zero-order chi connectivity index (χ0) is 18.6. The van der Waals surface area contributed by atoms with Crippen LogP contribution in [0.5, 0.6) is 0 Å². The summed E-state index contributed by atoms with van der Waals surface area (Å²) < 4.78 is 27.5. The van der Waals surface area contributed by atoms with E-state index in [-0.39, 0.29) is 22.2 Å². The van der Waals surface area contributed by atoms with E-state index in [1.807, 2.05) is 0 Å². The van der Waals surface area contributed by atoms with Gasteiger partial charge in [-0.05, 0) is 36.2 Å². The van der Waals surface area contributed by atoms with Crippen LogP contribution in [0.3, 0.4) is 0 Å². The normalized spacial score (nSPS) is 11.9. The van der Waals surface area contributed by atoms with E-state index in [2.05, 4.69) is 10.6 Å². The molecule has 0 aromatic heterocycles. The fraction of sp³-hybridized carbons (Fsp3) is 0.222. The molecule has 1 atom stereocenters. The average molecular weight is 367 g/mol. The van der Waals surface area contributed by atoms with E-state index in [1.54, 1.807) is 13.8 Å². The van der Waals surface area contributed by atoms with Crippen LogP contribution >= 0.6 is 11.6 Å². The average Bonchev–Trinajstić information content (AvgIpc) is 2.55. The molecule has 7 heteroatoms. The molecule has 0 heterocycles. The molecule has 0 aliphatic carbocycles. The largest absolute Gasteiger partial charge is 0.340 e. The van der Waals surface area contributed by atoms with Gasteiger partial charge < -0.3 is 10.6 Å². The maximum absolute atomic E-state index is 13.8. The molecule has 0 aliphatic heterocycles. The van der Waals surface area contributed by atoms with Crippen LogP contribution in [0.1, 0.15) is 24.2 Å². The third-order valence-electron chi connectivity index (χ3n) is 3.54. The van der Waals surface area contributed by atoms with Gasteiger partial charge in [-0.25, -0.2) is 8.78 Å². The maximum atomic E-state index is 13.8.